The van der Waals surface area contributed by atoms with Crippen molar-refractivity contribution < 1.29 is 14.6 Å². The number of fused-ring (bicyclic) bond motifs is 3. The third-order valence-corrected chi connectivity index (χ3v) is 6.00. The summed E-state index contributed by atoms with van der Waals surface area (Å²) in [5.74, 6) is 1.32. The maximum absolute atomic E-state index is 11.3. The number of nitrogens with zero attached hydrogens (tertiary/aromatic N) is 4. The van der Waals surface area contributed by atoms with Crippen molar-refractivity contribution in [3.63, 3.8) is 0 Å². The summed E-state index contributed by atoms with van der Waals surface area (Å²) in [5.41, 5.74) is -0.619. The van der Waals surface area contributed by atoms with Crippen molar-refractivity contribution in [1.29, 1.82) is 0 Å². The van der Waals surface area contributed by atoms with Crippen LogP contribution < -0.4 is 0 Å². The van der Waals surface area contributed by atoms with Crippen molar-refractivity contribution in [2.45, 2.75) is 38.0 Å². The Morgan fingerprint density at radius 2 is 2.17 bits per heavy atom. The Hall–Kier alpha value is -1.02. The molecule has 3 aliphatic heterocycles. The van der Waals surface area contributed by atoms with Gasteiger partial charge >= 0.3 is 0 Å². The summed E-state index contributed by atoms with van der Waals surface area (Å²) in [7, 11) is 0. The van der Waals surface area contributed by atoms with E-state index in [2.05, 4.69) is 19.7 Å². The number of rotatable bonds is 3. The Labute approximate surface area is 136 Å². The highest BCUT2D eigenvalue weighted by molar-refractivity contribution is 5.06. The molecule has 3 aliphatic rings. The van der Waals surface area contributed by atoms with E-state index >= 15 is 0 Å². The van der Waals surface area contributed by atoms with Crippen LogP contribution in [0, 0.1) is 18.8 Å². The summed E-state index contributed by atoms with van der Waals surface area (Å²) in [6.07, 6.45) is 3.53. The lowest BCUT2D eigenvalue weighted by Gasteiger charge is -2.57. The van der Waals surface area contributed by atoms with Crippen LogP contribution in [0.25, 0.3) is 0 Å². The summed E-state index contributed by atoms with van der Waals surface area (Å²) >= 11 is 0. The van der Waals surface area contributed by atoms with Crippen LogP contribution in [0.4, 0.5) is 0 Å². The van der Waals surface area contributed by atoms with E-state index in [0.717, 1.165) is 44.9 Å². The minimum Gasteiger partial charge on any atom is -0.389 e. The Morgan fingerprint density at radius 3 is 3.00 bits per heavy atom. The molecule has 3 fully saturated rings. The molecule has 0 bridgehead atoms. The highest BCUT2D eigenvalue weighted by atomic mass is 16.5. The maximum atomic E-state index is 11.3. The van der Waals surface area contributed by atoms with Gasteiger partial charge in [-0.1, -0.05) is 0 Å². The van der Waals surface area contributed by atoms with Gasteiger partial charge in [0.2, 0.25) is 0 Å². The average Bonchev–Trinajstić information content (AvgIpc) is 2.98. The minimum atomic E-state index is -0.619. The molecule has 1 aromatic heterocycles. The van der Waals surface area contributed by atoms with Gasteiger partial charge in [0.15, 0.2) is 0 Å². The van der Waals surface area contributed by atoms with Crippen molar-refractivity contribution in [2.75, 3.05) is 39.5 Å². The number of piperidine rings is 1. The normalized spacial score (nSPS) is 38.1. The van der Waals surface area contributed by atoms with Crippen molar-refractivity contribution in [2.24, 2.45) is 11.8 Å². The van der Waals surface area contributed by atoms with Gasteiger partial charge in [0, 0.05) is 57.1 Å². The summed E-state index contributed by atoms with van der Waals surface area (Å²) in [4.78, 5) is 2.53. The minimum absolute atomic E-state index is 0.182. The molecule has 0 amide bonds. The van der Waals surface area contributed by atoms with Crippen LogP contribution in [-0.4, -0.2) is 75.9 Å². The van der Waals surface area contributed by atoms with Crippen LogP contribution >= 0.6 is 0 Å². The highest BCUT2D eigenvalue weighted by Gasteiger charge is 2.55. The van der Waals surface area contributed by atoms with E-state index in [1.165, 1.54) is 0 Å². The Balaban J connectivity index is 1.51. The van der Waals surface area contributed by atoms with Gasteiger partial charge in [-0.3, -0.25) is 4.90 Å². The molecule has 1 N–H and O–H groups in total. The second-order valence-electron chi connectivity index (χ2n) is 7.12. The van der Waals surface area contributed by atoms with Crippen LogP contribution in [0.2, 0.25) is 0 Å². The van der Waals surface area contributed by atoms with E-state index in [-0.39, 0.29) is 11.8 Å². The fraction of sp³-hybridized carbons (Fsp3) is 0.875. The van der Waals surface area contributed by atoms with Gasteiger partial charge in [-0.15, -0.1) is 10.2 Å². The van der Waals surface area contributed by atoms with E-state index in [4.69, 9.17) is 9.47 Å². The molecule has 0 unspecified atom stereocenters. The molecule has 4 atom stereocenters. The smallest absolute Gasteiger partial charge is 0.129 e. The van der Waals surface area contributed by atoms with Gasteiger partial charge in [-0.2, -0.15) is 0 Å². The third-order valence-electron chi connectivity index (χ3n) is 6.00. The molecule has 7 heteroatoms. The maximum Gasteiger partial charge on any atom is 0.129 e. The predicted octanol–water partition coefficient (Wildman–Crippen LogP) is 0.0748. The molecule has 0 spiro atoms. The molecule has 7 nitrogen and oxygen atoms in total. The van der Waals surface area contributed by atoms with E-state index in [1.807, 2.05) is 6.92 Å². The largest absolute Gasteiger partial charge is 0.389 e. The molecule has 0 aliphatic carbocycles. The number of aliphatic hydroxyl groups is 1. The van der Waals surface area contributed by atoms with Crippen LogP contribution in [0.1, 0.15) is 18.7 Å². The van der Waals surface area contributed by atoms with Crippen molar-refractivity contribution in [3.8, 4) is 0 Å². The first-order valence-corrected chi connectivity index (χ1v) is 8.65. The van der Waals surface area contributed by atoms with E-state index < -0.39 is 5.60 Å². The molecule has 0 radical (unpaired) electrons. The molecule has 1 aromatic rings. The molecule has 128 valence electrons. The van der Waals surface area contributed by atoms with Crippen molar-refractivity contribution in [1.82, 2.24) is 19.7 Å². The summed E-state index contributed by atoms with van der Waals surface area (Å²) < 4.78 is 13.5. The lowest BCUT2D eigenvalue weighted by Crippen LogP contribution is -2.68. The molecular weight excluding hydrogens is 296 g/mol. The molecule has 3 saturated heterocycles. The molecule has 0 saturated carbocycles. The zero-order chi connectivity index (χ0) is 15.9. The lowest BCUT2D eigenvalue weighted by molar-refractivity contribution is -0.220. The standard InChI is InChI=1S/C16H26N4O3/c1-12-18-17-11-20(12)5-4-19-8-13-9-23-7-3-16(13,21)14-10-22-6-2-15(14)19/h11,13-15,21H,2-10H2,1H3/t13-,14+,15-,16-/m1/s1. The molecule has 4 rings (SSSR count). The Bertz CT molecular complexity index is 551. The Morgan fingerprint density at radius 1 is 1.30 bits per heavy atom. The summed E-state index contributed by atoms with van der Waals surface area (Å²) in [6.45, 7) is 7.49. The SMILES string of the molecule is Cc1nncn1CCN1C[C@@H]2COCC[C@]2(O)[C@H]2COCC[C@H]21. The quantitative estimate of drug-likeness (QED) is 0.849. The van der Waals surface area contributed by atoms with E-state index in [9.17, 15) is 5.11 Å². The topological polar surface area (TPSA) is 72.6 Å². The van der Waals surface area contributed by atoms with E-state index in [0.29, 0.717) is 25.9 Å². The van der Waals surface area contributed by atoms with Crippen LogP contribution in [0.3, 0.4) is 0 Å². The fourth-order valence-corrected chi connectivity index (χ4v) is 4.59. The van der Waals surface area contributed by atoms with Gasteiger partial charge in [0.25, 0.3) is 0 Å². The molecule has 0 aromatic carbocycles. The monoisotopic (exact) mass is 322 g/mol. The first-order valence-electron chi connectivity index (χ1n) is 8.65. The molecular formula is C16H26N4O3. The van der Waals surface area contributed by atoms with Crippen LogP contribution in [-0.2, 0) is 16.0 Å². The number of aryl methyl sites for hydroxylation is 1. The van der Waals surface area contributed by atoms with Gasteiger partial charge in [-0.05, 0) is 13.3 Å². The number of likely N-dealkylation sites (tertiary alicyclic amines) is 1. The van der Waals surface area contributed by atoms with E-state index in [1.54, 1.807) is 6.33 Å². The van der Waals surface area contributed by atoms with Crippen LogP contribution in [0.5, 0.6) is 0 Å². The third kappa shape index (κ3) is 2.69. The number of hydrogen-bond acceptors (Lipinski definition) is 6. The number of aromatic nitrogens is 3. The van der Waals surface area contributed by atoms with Gasteiger partial charge < -0.3 is 19.1 Å². The summed E-state index contributed by atoms with van der Waals surface area (Å²) in [5, 5.41) is 19.3. The molecule has 23 heavy (non-hydrogen) atoms. The number of ether oxygens (including phenoxy) is 2. The van der Waals surface area contributed by atoms with Gasteiger partial charge in [0.05, 0.1) is 18.8 Å². The summed E-state index contributed by atoms with van der Waals surface area (Å²) in [6, 6.07) is 0.403. The molecule has 4 heterocycles. The second-order valence-corrected chi connectivity index (χ2v) is 7.12. The lowest BCUT2D eigenvalue weighted by atomic mass is 9.66. The second kappa shape index (κ2) is 6.12. The van der Waals surface area contributed by atoms with Crippen molar-refractivity contribution >= 4 is 0 Å². The van der Waals surface area contributed by atoms with Crippen LogP contribution in [0.15, 0.2) is 6.33 Å². The van der Waals surface area contributed by atoms with Gasteiger partial charge in [-0.25, -0.2) is 0 Å². The Kier molecular flexibility index (Phi) is 4.13. The first kappa shape index (κ1) is 15.5. The number of hydrogen-bond donors (Lipinski definition) is 1. The average molecular weight is 322 g/mol. The van der Waals surface area contributed by atoms with Crippen molar-refractivity contribution in [3.05, 3.63) is 12.2 Å². The predicted molar refractivity (Wildman–Crippen MR) is 82.9 cm³/mol. The fourth-order valence-electron chi connectivity index (χ4n) is 4.59. The highest BCUT2D eigenvalue weighted by Crippen LogP contribution is 2.44. The van der Waals surface area contributed by atoms with Gasteiger partial charge in [0.1, 0.15) is 12.2 Å². The zero-order valence-corrected chi connectivity index (χ0v) is 13.7. The first-order chi connectivity index (χ1) is 11.2. The zero-order valence-electron chi connectivity index (χ0n) is 13.7.